The number of nitrogens with one attached hydrogen (secondary N) is 1. The Morgan fingerprint density at radius 3 is 2.60 bits per heavy atom. The third kappa shape index (κ3) is 3.55. The van der Waals surface area contributed by atoms with Crippen LogP contribution in [0.2, 0.25) is 0 Å². The van der Waals surface area contributed by atoms with Gasteiger partial charge in [-0.3, -0.25) is 4.79 Å². The molecule has 1 aromatic rings. The molecule has 7 heteroatoms. The number of nitrogens with two attached hydrogens (primary N) is 1. The maximum Gasteiger partial charge on any atom is 0.277 e. The van der Waals surface area contributed by atoms with Crippen LogP contribution in [0.1, 0.15) is 10.4 Å². The van der Waals surface area contributed by atoms with Crippen LogP contribution in [-0.4, -0.2) is 34.9 Å². The lowest BCUT2D eigenvalue weighted by Crippen LogP contribution is -2.41. The highest BCUT2D eigenvalue weighted by Crippen LogP contribution is 2.08. The zero-order valence-electron chi connectivity index (χ0n) is 7.78. The van der Waals surface area contributed by atoms with Crippen molar-refractivity contribution in [1.29, 1.82) is 0 Å². The first-order chi connectivity index (χ1) is 7.05. The number of carbonyl (C=O) groups is 1. The lowest BCUT2D eigenvalue weighted by molar-refractivity contribution is 0.0118. The molecule has 0 radical (unpaired) electrons. The van der Waals surface area contributed by atoms with Gasteiger partial charge in [-0.2, -0.15) is 0 Å². The predicted octanol–water partition coefficient (Wildman–Crippen LogP) is -0.200. The van der Waals surface area contributed by atoms with Gasteiger partial charge >= 0.3 is 0 Å². The van der Waals surface area contributed by atoms with Crippen LogP contribution in [0.25, 0.3) is 0 Å². The van der Waals surface area contributed by atoms with E-state index in [2.05, 4.69) is 9.97 Å². The van der Waals surface area contributed by atoms with E-state index in [-0.39, 0.29) is 5.56 Å². The van der Waals surface area contributed by atoms with E-state index < -0.39 is 24.9 Å². The van der Waals surface area contributed by atoms with Crippen LogP contribution in [0.15, 0.2) is 18.7 Å². The number of nitrogens with zero attached hydrogens (tertiary/aromatic N) is 2. The van der Waals surface area contributed by atoms with Crippen molar-refractivity contribution in [3.8, 4) is 0 Å². The van der Waals surface area contributed by atoms with Gasteiger partial charge in [0.15, 0.2) is 0 Å². The molecule has 0 aromatic carbocycles. The average Bonchev–Trinajstić information content (AvgIpc) is 2.27. The van der Waals surface area contributed by atoms with Gasteiger partial charge in [0.2, 0.25) is 0 Å². The maximum absolute atomic E-state index is 12.7. The molecule has 1 aromatic heterocycles. The minimum Gasteiger partial charge on any atom is -0.346 e. The first kappa shape index (κ1) is 11.4. The minimum absolute atomic E-state index is 0.130. The molecule has 1 rings (SSSR count). The van der Waals surface area contributed by atoms with Gasteiger partial charge in [-0.05, 0) is 0 Å². The molecule has 0 bridgehead atoms. The topological polar surface area (TPSA) is 80.9 Å². The lowest BCUT2D eigenvalue weighted by atomic mass is 10.3. The maximum atomic E-state index is 12.7. The Bertz CT molecular complexity index is 331. The molecule has 0 saturated heterocycles. The molecule has 0 spiro atoms. The highest BCUT2D eigenvalue weighted by molar-refractivity contribution is 5.93. The van der Waals surface area contributed by atoms with Crippen LogP contribution < -0.4 is 11.1 Å². The van der Waals surface area contributed by atoms with Crippen molar-refractivity contribution in [3.63, 3.8) is 0 Å². The summed E-state index contributed by atoms with van der Waals surface area (Å²) in [6.45, 7) is -1.60. The van der Waals surface area contributed by atoms with E-state index in [1.54, 1.807) is 0 Å². The molecule has 3 N–H and O–H groups in total. The van der Waals surface area contributed by atoms with Gasteiger partial charge in [-0.25, -0.2) is 18.7 Å². The summed E-state index contributed by atoms with van der Waals surface area (Å²) >= 11 is 0. The smallest absolute Gasteiger partial charge is 0.277 e. The number of amides is 1. The van der Waals surface area contributed by atoms with Gasteiger partial charge in [0.25, 0.3) is 11.8 Å². The summed E-state index contributed by atoms with van der Waals surface area (Å²) in [5, 5.41) is 2.04. The first-order valence-corrected chi connectivity index (χ1v) is 4.16. The molecule has 1 amide bonds. The molecule has 0 saturated carbocycles. The molecule has 82 valence electrons. The number of hydrogen-bond donors (Lipinski definition) is 2. The summed E-state index contributed by atoms with van der Waals surface area (Å²) in [6, 6.07) is 0. The fourth-order valence-electron chi connectivity index (χ4n) is 0.800. The summed E-state index contributed by atoms with van der Waals surface area (Å²) in [5.41, 5.74) is 4.94. The van der Waals surface area contributed by atoms with Gasteiger partial charge in [0, 0.05) is 12.4 Å². The number of hydrogen-bond acceptors (Lipinski definition) is 4. The van der Waals surface area contributed by atoms with E-state index in [1.165, 1.54) is 18.7 Å². The van der Waals surface area contributed by atoms with E-state index in [4.69, 9.17) is 5.73 Å². The van der Waals surface area contributed by atoms with Crippen molar-refractivity contribution in [2.75, 3.05) is 13.1 Å². The number of alkyl halides is 2. The fourth-order valence-corrected chi connectivity index (χ4v) is 0.800. The lowest BCUT2D eigenvalue weighted by Gasteiger charge is -2.14. The number of aromatic nitrogens is 2. The molecule has 0 unspecified atom stereocenters. The highest BCUT2D eigenvalue weighted by atomic mass is 19.3. The normalized spacial score (nSPS) is 11.1. The Morgan fingerprint density at radius 1 is 1.47 bits per heavy atom. The number of rotatable bonds is 4. The molecular formula is C8H10F2N4O. The summed E-state index contributed by atoms with van der Waals surface area (Å²) in [4.78, 5) is 18.4. The Labute approximate surface area is 84.7 Å². The standard InChI is InChI=1S/C8H10F2N4O/c9-8(10,3-11)4-14-7(15)6-1-12-5-13-2-6/h1-2,5H,3-4,11H2,(H,14,15). The van der Waals surface area contributed by atoms with Gasteiger partial charge in [-0.15, -0.1) is 0 Å². The fraction of sp³-hybridized carbons (Fsp3) is 0.375. The van der Waals surface area contributed by atoms with Gasteiger partial charge in [-0.1, -0.05) is 0 Å². The minimum atomic E-state index is -3.09. The molecule has 15 heavy (non-hydrogen) atoms. The number of carbonyl (C=O) groups excluding carboxylic acids is 1. The summed E-state index contributed by atoms with van der Waals surface area (Å²) in [6.07, 6.45) is 3.72. The zero-order chi connectivity index (χ0) is 11.3. The van der Waals surface area contributed by atoms with E-state index in [0.29, 0.717) is 0 Å². The van der Waals surface area contributed by atoms with Gasteiger partial charge < -0.3 is 11.1 Å². The monoisotopic (exact) mass is 216 g/mol. The van der Waals surface area contributed by atoms with E-state index >= 15 is 0 Å². The van der Waals surface area contributed by atoms with Crippen LogP contribution >= 0.6 is 0 Å². The quantitative estimate of drug-likeness (QED) is 0.730. The second-order valence-electron chi connectivity index (χ2n) is 2.87. The second kappa shape index (κ2) is 4.74. The van der Waals surface area contributed by atoms with Crippen molar-refractivity contribution < 1.29 is 13.6 Å². The van der Waals surface area contributed by atoms with Crippen LogP contribution in [0.3, 0.4) is 0 Å². The average molecular weight is 216 g/mol. The molecule has 0 fully saturated rings. The molecule has 5 nitrogen and oxygen atoms in total. The van der Waals surface area contributed by atoms with Crippen molar-refractivity contribution in [2.45, 2.75) is 5.92 Å². The largest absolute Gasteiger partial charge is 0.346 e. The van der Waals surface area contributed by atoms with Gasteiger partial charge in [0.1, 0.15) is 6.33 Å². The Morgan fingerprint density at radius 2 is 2.07 bits per heavy atom. The third-order valence-electron chi connectivity index (χ3n) is 1.63. The second-order valence-corrected chi connectivity index (χ2v) is 2.87. The Kier molecular flexibility index (Phi) is 3.62. The van der Waals surface area contributed by atoms with Crippen LogP contribution in [0.5, 0.6) is 0 Å². The van der Waals surface area contributed by atoms with E-state index in [1.807, 2.05) is 5.32 Å². The molecule has 0 aliphatic rings. The van der Waals surface area contributed by atoms with E-state index in [0.717, 1.165) is 0 Å². The Balaban J connectivity index is 2.51. The zero-order valence-corrected chi connectivity index (χ0v) is 7.78. The predicted molar refractivity (Wildman–Crippen MR) is 48.4 cm³/mol. The molecule has 0 aliphatic heterocycles. The van der Waals surface area contributed by atoms with Crippen LogP contribution in [0.4, 0.5) is 8.78 Å². The SMILES string of the molecule is NCC(F)(F)CNC(=O)c1cncnc1. The molecule has 0 aliphatic carbocycles. The van der Waals surface area contributed by atoms with Gasteiger partial charge in [0.05, 0.1) is 18.7 Å². The molecule has 0 atom stereocenters. The van der Waals surface area contributed by atoms with Crippen molar-refractivity contribution in [3.05, 3.63) is 24.3 Å². The summed E-state index contributed by atoms with van der Waals surface area (Å²) < 4.78 is 25.3. The van der Waals surface area contributed by atoms with E-state index in [9.17, 15) is 13.6 Å². The van der Waals surface area contributed by atoms with Crippen LogP contribution in [0, 0.1) is 0 Å². The first-order valence-electron chi connectivity index (χ1n) is 4.16. The summed E-state index contributed by atoms with van der Waals surface area (Å²) in [7, 11) is 0. The Hall–Kier alpha value is -1.63. The van der Waals surface area contributed by atoms with Crippen LogP contribution in [-0.2, 0) is 0 Å². The van der Waals surface area contributed by atoms with Crippen molar-refractivity contribution in [1.82, 2.24) is 15.3 Å². The summed E-state index contributed by atoms with van der Waals surface area (Å²) in [5.74, 6) is -3.74. The third-order valence-corrected chi connectivity index (χ3v) is 1.63. The van der Waals surface area contributed by atoms with Crippen molar-refractivity contribution >= 4 is 5.91 Å². The molecular weight excluding hydrogens is 206 g/mol. The van der Waals surface area contributed by atoms with Crippen molar-refractivity contribution in [2.24, 2.45) is 5.73 Å². The number of halogens is 2. The highest BCUT2D eigenvalue weighted by Gasteiger charge is 2.27. The molecule has 1 heterocycles.